The summed E-state index contributed by atoms with van der Waals surface area (Å²) in [7, 11) is -0.955. The summed E-state index contributed by atoms with van der Waals surface area (Å²) in [6, 6.07) is 11.5. The zero-order valence-corrected chi connectivity index (χ0v) is 17.2. The molecular weight excluding hydrogens is 427 g/mol. The van der Waals surface area contributed by atoms with Crippen molar-refractivity contribution in [2.45, 2.75) is 28.7 Å². The second-order valence-electron chi connectivity index (χ2n) is 6.29. The second kappa shape index (κ2) is 8.25. The third-order valence-electron chi connectivity index (χ3n) is 3.94. The fourth-order valence-corrected chi connectivity index (χ4v) is 4.22. The Labute approximate surface area is 170 Å². The standard InChI is InChI=1S/C18H18F3N3O3S2/c1-23(2)29(25,26)16-9-8-14(27-16)11-28-17-22-10-15(13-6-4-3-5-7-13)24(17)12-18(19,20)21/h3-10H,11-12H2,1-2H3. The lowest BCUT2D eigenvalue weighted by molar-refractivity contribution is -0.141. The molecule has 2 heterocycles. The smallest absolute Gasteiger partial charge is 0.406 e. The Hall–Kier alpha value is -2.24. The molecule has 29 heavy (non-hydrogen) atoms. The Morgan fingerprint density at radius 2 is 1.83 bits per heavy atom. The predicted octanol–water partition coefficient (Wildman–Crippen LogP) is 4.25. The molecule has 0 spiro atoms. The number of nitrogens with zero attached hydrogens (tertiary/aromatic N) is 3. The van der Waals surface area contributed by atoms with Gasteiger partial charge in [-0.15, -0.1) is 0 Å². The molecule has 0 fully saturated rings. The van der Waals surface area contributed by atoms with Crippen LogP contribution in [0.4, 0.5) is 13.2 Å². The third-order valence-corrected chi connectivity index (χ3v) is 6.64. The Morgan fingerprint density at radius 3 is 2.45 bits per heavy atom. The fourth-order valence-electron chi connectivity index (χ4n) is 2.54. The molecule has 0 amide bonds. The Morgan fingerprint density at radius 1 is 1.14 bits per heavy atom. The van der Waals surface area contributed by atoms with Crippen molar-refractivity contribution in [3.8, 4) is 11.3 Å². The van der Waals surface area contributed by atoms with E-state index in [0.29, 0.717) is 17.0 Å². The predicted molar refractivity (Wildman–Crippen MR) is 103 cm³/mol. The van der Waals surface area contributed by atoms with Gasteiger partial charge >= 0.3 is 6.18 Å². The number of hydrogen-bond acceptors (Lipinski definition) is 5. The molecule has 156 valence electrons. The summed E-state index contributed by atoms with van der Waals surface area (Å²) in [5.41, 5.74) is 0.967. The first-order valence-corrected chi connectivity index (χ1v) is 10.8. The summed E-state index contributed by atoms with van der Waals surface area (Å²) in [4.78, 5) is 4.13. The molecule has 3 rings (SSSR count). The topological polar surface area (TPSA) is 68.3 Å². The molecule has 0 saturated carbocycles. The largest absolute Gasteiger partial charge is 0.447 e. The van der Waals surface area contributed by atoms with E-state index in [-0.39, 0.29) is 16.0 Å². The molecular formula is C18H18F3N3O3S2. The van der Waals surface area contributed by atoms with Gasteiger partial charge in [0, 0.05) is 14.1 Å². The monoisotopic (exact) mass is 445 g/mol. The summed E-state index contributed by atoms with van der Waals surface area (Å²) < 4.78 is 71.0. The first-order valence-electron chi connectivity index (χ1n) is 8.39. The van der Waals surface area contributed by atoms with E-state index < -0.39 is 22.7 Å². The molecule has 0 unspecified atom stereocenters. The van der Waals surface area contributed by atoms with Crippen molar-refractivity contribution in [2.24, 2.45) is 0 Å². The van der Waals surface area contributed by atoms with Crippen LogP contribution in [0.5, 0.6) is 0 Å². The fraction of sp³-hybridized carbons (Fsp3) is 0.278. The van der Waals surface area contributed by atoms with Gasteiger partial charge in [-0.05, 0) is 17.7 Å². The van der Waals surface area contributed by atoms with Crippen molar-refractivity contribution in [1.29, 1.82) is 0 Å². The number of furan rings is 1. The zero-order chi connectivity index (χ0) is 21.2. The minimum atomic E-state index is -4.42. The third kappa shape index (κ3) is 5.03. The van der Waals surface area contributed by atoms with Crippen molar-refractivity contribution in [3.63, 3.8) is 0 Å². The number of aromatic nitrogens is 2. The van der Waals surface area contributed by atoms with Gasteiger partial charge in [0.25, 0.3) is 10.0 Å². The SMILES string of the molecule is CN(C)S(=O)(=O)c1ccc(CSc2ncc(-c3ccccc3)n2CC(F)(F)F)o1. The number of imidazole rings is 1. The highest BCUT2D eigenvalue weighted by Gasteiger charge is 2.31. The molecule has 0 bridgehead atoms. The highest BCUT2D eigenvalue weighted by atomic mass is 32.2. The number of benzene rings is 1. The van der Waals surface area contributed by atoms with Crippen LogP contribution in [0.2, 0.25) is 0 Å². The van der Waals surface area contributed by atoms with Crippen molar-refractivity contribution in [3.05, 3.63) is 54.4 Å². The summed E-state index contributed by atoms with van der Waals surface area (Å²) in [6.07, 6.45) is -3.02. The summed E-state index contributed by atoms with van der Waals surface area (Å²) >= 11 is 1.04. The lowest BCUT2D eigenvalue weighted by Gasteiger charge is -2.14. The van der Waals surface area contributed by atoms with Gasteiger partial charge in [0.05, 0.1) is 17.6 Å². The first kappa shape index (κ1) is 21.5. The van der Waals surface area contributed by atoms with Gasteiger partial charge < -0.3 is 8.98 Å². The van der Waals surface area contributed by atoms with Crippen LogP contribution in [-0.2, 0) is 22.3 Å². The van der Waals surface area contributed by atoms with Gasteiger partial charge in [-0.25, -0.2) is 17.7 Å². The number of hydrogen-bond donors (Lipinski definition) is 0. The van der Waals surface area contributed by atoms with Crippen LogP contribution in [0.3, 0.4) is 0 Å². The van der Waals surface area contributed by atoms with Gasteiger partial charge in [0.1, 0.15) is 12.3 Å². The Balaban J connectivity index is 1.85. The van der Waals surface area contributed by atoms with Gasteiger partial charge in [0.2, 0.25) is 5.09 Å². The van der Waals surface area contributed by atoms with Crippen molar-refractivity contribution < 1.29 is 26.0 Å². The first-order chi connectivity index (χ1) is 13.6. The maximum absolute atomic E-state index is 13.1. The molecule has 1 aromatic carbocycles. The van der Waals surface area contributed by atoms with Gasteiger partial charge in [-0.2, -0.15) is 13.2 Å². The molecule has 0 saturated heterocycles. The van der Waals surface area contributed by atoms with Crippen LogP contribution in [-0.4, -0.2) is 42.5 Å². The van der Waals surface area contributed by atoms with E-state index >= 15 is 0 Å². The van der Waals surface area contributed by atoms with E-state index in [4.69, 9.17) is 4.42 Å². The summed E-state index contributed by atoms with van der Waals surface area (Å²) in [6.45, 7) is -1.18. The minimum absolute atomic E-state index is 0.131. The van der Waals surface area contributed by atoms with Crippen LogP contribution in [0.25, 0.3) is 11.3 Å². The molecule has 0 atom stereocenters. The van der Waals surface area contributed by atoms with E-state index in [2.05, 4.69) is 4.98 Å². The summed E-state index contributed by atoms with van der Waals surface area (Å²) in [5.74, 6) is 0.449. The van der Waals surface area contributed by atoms with E-state index in [1.54, 1.807) is 30.3 Å². The maximum atomic E-state index is 13.1. The Bertz CT molecular complexity index is 1070. The van der Waals surface area contributed by atoms with Gasteiger partial charge in [0.15, 0.2) is 5.16 Å². The minimum Gasteiger partial charge on any atom is -0.447 e. The molecule has 0 N–H and O–H groups in total. The zero-order valence-electron chi connectivity index (χ0n) is 15.5. The maximum Gasteiger partial charge on any atom is 0.406 e. The lowest BCUT2D eigenvalue weighted by atomic mass is 10.2. The van der Waals surface area contributed by atoms with Crippen molar-refractivity contribution in [2.75, 3.05) is 14.1 Å². The molecule has 11 heteroatoms. The highest BCUT2D eigenvalue weighted by Crippen LogP contribution is 2.32. The average molecular weight is 445 g/mol. The van der Waals surface area contributed by atoms with Crippen molar-refractivity contribution in [1.82, 2.24) is 13.9 Å². The van der Waals surface area contributed by atoms with Crippen LogP contribution in [0, 0.1) is 0 Å². The normalized spacial score (nSPS) is 12.6. The van der Waals surface area contributed by atoms with E-state index in [1.807, 2.05) is 0 Å². The van der Waals surface area contributed by atoms with Crippen LogP contribution >= 0.6 is 11.8 Å². The second-order valence-corrected chi connectivity index (χ2v) is 9.32. The molecule has 0 aliphatic carbocycles. The lowest BCUT2D eigenvalue weighted by Crippen LogP contribution is -2.21. The van der Waals surface area contributed by atoms with Crippen molar-refractivity contribution >= 4 is 21.8 Å². The van der Waals surface area contributed by atoms with E-state index in [0.717, 1.165) is 20.6 Å². The number of thioether (sulfide) groups is 1. The number of sulfonamides is 1. The molecule has 0 radical (unpaired) electrons. The quantitative estimate of drug-likeness (QED) is 0.509. The highest BCUT2D eigenvalue weighted by molar-refractivity contribution is 7.98. The molecule has 3 aromatic rings. The van der Waals surface area contributed by atoms with E-state index in [9.17, 15) is 21.6 Å². The van der Waals surface area contributed by atoms with Crippen LogP contribution in [0.1, 0.15) is 5.76 Å². The number of alkyl halides is 3. The number of halogens is 3. The van der Waals surface area contributed by atoms with E-state index in [1.165, 1.54) is 32.4 Å². The molecule has 0 aliphatic heterocycles. The summed E-state index contributed by atoms with van der Waals surface area (Å²) in [5, 5.41) is -0.0590. The van der Waals surface area contributed by atoms with Crippen LogP contribution in [0.15, 0.2) is 63.3 Å². The average Bonchev–Trinajstić information content (AvgIpc) is 3.27. The van der Waals surface area contributed by atoms with Crippen LogP contribution < -0.4 is 0 Å². The molecule has 6 nitrogen and oxygen atoms in total. The van der Waals surface area contributed by atoms with Gasteiger partial charge in [-0.1, -0.05) is 42.1 Å². The number of rotatable bonds is 7. The molecule has 0 aliphatic rings. The Kier molecular flexibility index (Phi) is 6.11. The molecule has 2 aromatic heterocycles. The van der Waals surface area contributed by atoms with Gasteiger partial charge in [-0.3, -0.25) is 0 Å².